The van der Waals surface area contributed by atoms with Crippen molar-refractivity contribution in [1.82, 2.24) is 15.1 Å². The van der Waals surface area contributed by atoms with E-state index in [4.69, 9.17) is 21.1 Å². The predicted octanol–water partition coefficient (Wildman–Crippen LogP) is 1.90. The number of carbonyl (C=O) groups excluding carboxylic acids is 1. The van der Waals surface area contributed by atoms with Crippen molar-refractivity contribution in [2.24, 2.45) is 0 Å². The standard InChI is InChI=1S/C19H26ClN3O3/c20-16-10-14(11-17-19(16)26-9-1-8-25-17)12-22-4-6-23(7-5-22)13-18(24)21-15-2-3-15/h10-11,15H,1-9,12-13H2,(H,21,24). The van der Waals surface area contributed by atoms with Gasteiger partial charge in [0.05, 0.1) is 24.8 Å². The maximum Gasteiger partial charge on any atom is 0.234 e. The molecule has 6 nitrogen and oxygen atoms in total. The number of nitrogens with one attached hydrogen (secondary N) is 1. The molecule has 142 valence electrons. The Bertz CT molecular complexity index is 658. The van der Waals surface area contributed by atoms with Crippen molar-refractivity contribution in [3.05, 3.63) is 22.7 Å². The van der Waals surface area contributed by atoms with Gasteiger partial charge in [0.25, 0.3) is 0 Å². The zero-order valence-corrected chi connectivity index (χ0v) is 15.8. The van der Waals surface area contributed by atoms with Gasteiger partial charge in [-0.1, -0.05) is 11.6 Å². The number of benzene rings is 1. The zero-order valence-electron chi connectivity index (χ0n) is 15.0. The third-order valence-electron chi connectivity index (χ3n) is 5.04. The molecule has 7 heteroatoms. The molecule has 1 aromatic rings. The summed E-state index contributed by atoms with van der Waals surface area (Å²) < 4.78 is 11.5. The maximum absolute atomic E-state index is 11.9. The second-order valence-corrected chi connectivity index (χ2v) is 7.76. The van der Waals surface area contributed by atoms with Crippen LogP contribution in [0, 0.1) is 0 Å². The Kier molecular flexibility index (Phi) is 5.52. The molecule has 1 aromatic carbocycles. The number of hydrogen-bond donors (Lipinski definition) is 1. The Morgan fingerprint density at radius 2 is 1.85 bits per heavy atom. The lowest BCUT2D eigenvalue weighted by Crippen LogP contribution is -2.49. The topological polar surface area (TPSA) is 54.0 Å². The molecule has 2 fully saturated rings. The van der Waals surface area contributed by atoms with Gasteiger partial charge in [-0.15, -0.1) is 0 Å². The first-order valence-corrected chi connectivity index (χ1v) is 9.87. The van der Waals surface area contributed by atoms with Crippen LogP contribution in [0.15, 0.2) is 12.1 Å². The van der Waals surface area contributed by atoms with Crippen LogP contribution in [0.4, 0.5) is 0 Å². The smallest absolute Gasteiger partial charge is 0.234 e. The fourth-order valence-corrected chi connectivity index (χ4v) is 3.73. The van der Waals surface area contributed by atoms with E-state index in [-0.39, 0.29) is 5.91 Å². The molecule has 0 atom stereocenters. The molecular formula is C19H26ClN3O3. The molecule has 0 bridgehead atoms. The molecule has 26 heavy (non-hydrogen) atoms. The van der Waals surface area contributed by atoms with Crippen LogP contribution in [0.3, 0.4) is 0 Å². The largest absolute Gasteiger partial charge is 0.489 e. The number of fused-ring (bicyclic) bond motifs is 1. The van der Waals surface area contributed by atoms with Crippen LogP contribution >= 0.6 is 11.6 Å². The highest BCUT2D eigenvalue weighted by Crippen LogP contribution is 2.38. The van der Waals surface area contributed by atoms with Crippen LogP contribution < -0.4 is 14.8 Å². The van der Waals surface area contributed by atoms with E-state index in [1.807, 2.05) is 12.1 Å². The van der Waals surface area contributed by atoms with Gasteiger partial charge in [-0.05, 0) is 30.5 Å². The van der Waals surface area contributed by atoms with E-state index >= 15 is 0 Å². The monoisotopic (exact) mass is 379 g/mol. The van der Waals surface area contributed by atoms with Crippen LogP contribution in [0.1, 0.15) is 24.8 Å². The molecule has 0 aromatic heterocycles. The first-order chi connectivity index (χ1) is 12.7. The van der Waals surface area contributed by atoms with E-state index < -0.39 is 0 Å². The molecule has 0 unspecified atom stereocenters. The van der Waals surface area contributed by atoms with E-state index in [0.29, 0.717) is 36.6 Å². The van der Waals surface area contributed by atoms with Gasteiger partial charge < -0.3 is 14.8 Å². The first kappa shape index (κ1) is 17.9. The van der Waals surface area contributed by atoms with Gasteiger partial charge in [-0.25, -0.2) is 0 Å². The number of piperazine rings is 1. The number of rotatable bonds is 5. The molecule has 0 radical (unpaired) electrons. The Morgan fingerprint density at radius 3 is 2.62 bits per heavy atom. The summed E-state index contributed by atoms with van der Waals surface area (Å²) in [7, 11) is 0. The number of nitrogens with zero attached hydrogens (tertiary/aromatic N) is 2. The number of carbonyl (C=O) groups is 1. The van der Waals surface area contributed by atoms with E-state index in [1.165, 1.54) is 0 Å². The Hall–Kier alpha value is -1.50. The van der Waals surface area contributed by atoms with Crippen LogP contribution in [0.2, 0.25) is 5.02 Å². The SMILES string of the molecule is O=C(CN1CCN(Cc2cc(Cl)c3c(c2)OCCCO3)CC1)NC1CC1. The lowest BCUT2D eigenvalue weighted by Gasteiger charge is -2.34. The Morgan fingerprint density at radius 1 is 1.12 bits per heavy atom. The zero-order chi connectivity index (χ0) is 17.9. The minimum absolute atomic E-state index is 0.163. The van der Waals surface area contributed by atoms with Crippen molar-refractivity contribution in [3.63, 3.8) is 0 Å². The number of hydrogen-bond acceptors (Lipinski definition) is 5. The van der Waals surface area contributed by atoms with E-state index in [0.717, 1.165) is 63.3 Å². The molecular weight excluding hydrogens is 354 g/mol. The highest BCUT2D eigenvalue weighted by atomic mass is 35.5. The highest BCUT2D eigenvalue weighted by molar-refractivity contribution is 6.32. The van der Waals surface area contributed by atoms with Gasteiger partial charge >= 0.3 is 0 Å². The van der Waals surface area contributed by atoms with E-state index in [9.17, 15) is 4.79 Å². The summed E-state index contributed by atoms with van der Waals surface area (Å²) in [5, 5.41) is 3.68. The molecule has 2 aliphatic heterocycles. The van der Waals surface area contributed by atoms with Crippen LogP contribution in [-0.2, 0) is 11.3 Å². The summed E-state index contributed by atoms with van der Waals surface area (Å²) in [6, 6.07) is 4.46. The minimum Gasteiger partial charge on any atom is -0.489 e. The van der Waals surface area contributed by atoms with Gasteiger partial charge in [0.2, 0.25) is 5.91 Å². The third kappa shape index (κ3) is 4.61. The number of halogens is 1. The van der Waals surface area contributed by atoms with Crippen molar-refractivity contribution >= 4 is 17.5 Å². The fourth-order valence-electron chi connectivity index (χ4n) is 3.44. The molecule has 1 aliphatic carbocycles. The molecule has 4 rings (SSSR count). The van der Waals surface area contributed by atoms with Crippen molar-refractivity contribution in [2.45, 2.75) is 31.8 Å². The quantitative estimate of drug-likeness (QED) is 0.846. The fraction of sp³-hybridized carbons (Fsp3) is 0.632. The second kappa shape index (κ2) is 8.03. The van der Waals surface area contributed by atoms with Crippen LogP contribution in [-0.4, -0.2) is 67.7 Å². The normalized spacial score (nSPS) is 21.3. The van der Waals surface area contributed by atoms with E-state index in [2.05, 4.69) is 15.1 Å². The van der Waals surface area contributed by atoms with Gasteiger partial charge in [-0.2, -0.15) is 0 Å². The molecule has 1 amide bonds. The molecule has 3 aliphatic rings. The maximum atomic E-state index is 11.9. The summed E-state index contributed by atoms with van der Waals surface area (Å²) in [6.45, 7) is 6.37. The van der Waals surface area contributed by atoms with E-state index in [1.54, 1.807) is 0 Å². The molecule has 1 saturated heterocycles. The first-order valence-electron chi connectivity index (χ1n) is 9.49. The average Bonchev–Trinajstić information content (AvgIpc) is 3.43. The molecule has 2 heterocycles. The van der Waals surface area contributed by atoms with Crippen LogP contribution in [0.5, 0.6) is 11.5 Å². The lowest BCUT2D eigenvalue weighted by atomic mass is 10.1. The number of ether oxygens (including phenoxy) is 2. The minimum atomic E-state index is 0.163. The average molecular weight is 380 g/mol. The van der Waals surface area contributed by atoms with Crippen molar-refractivity contribution in [1.29, 1.82) is 0 Å². The Labute approximate surface area is 159 Å². The highest BCUT2D eigenvalue weighted by Gasteiger charge is 2.25. The van der Waals surface area contributed by atoms with Gasteiger partial charge in [0.1, 0.15) is 0 Å². The van der Waals surface area contributed by atoms with Crippen molar-refractivity contribution in [2.75, 3.05) is 45.9 Å². The molecule has 1 saturated carbocycles. The molecule has 1 N–H and O–H groups in total. The summed E-state index contributed by atoms with van der Waals surface area (Å²) in [5.41, 5.74) is 1.14. The third-order valence-corrected chi connectivity index (χ3v) is 5.32. The van der Waals surface area contributed by atoms with Gasteiger partial charge in [-0.3, -0.25) is 14.6 Å². The predicted molar refractivity (Wildman–Crippen MR) is 99.9 cm³/mol. The van der Waals surface area contributed by atoms with Gasteiger partial charge in [0, 0.05) is 45.2 Å². The Balaban J connectivity index is 1.29. The van der Waals surface area contributed by atoms with Crippen LogP contribution in [0.25, 0.3) is 0 Å². The summed E-state index contributed by atoms with van der Waals surface area (Å²) in [5.74, 6) is 1.58. The van der Waals surface area contributed by atoms with Crippen molar-refractivity contribution < 1.29 is 14.3 Å². The van der Waals surface area contributed by atoms with Crippen molar-refractivity contribution in [3.8, 4) is 11.5 Å². The summed E-state index contributed by atoms with van der Waals surface area (Å²) in [4.78, 5) is 16.6. The number of amides is 1. The molecule has 0 spiro atoms. The van der Waals surface area contributed by atoms with Gasteiger partial charge in [0.15, 0.2) is 11.5 Å². The summed E-state index contributed by atoms with van der Waals surface area (Å²) >= 11 is 6.39. The second-order valence-electron chi connectivity index (χ2n) is 7.35. The lowest BCUT2D eigenvalue weighted by molar-refractivity contribution is -0.122. The summed E-state index contributed by atoms with van der Waals surface area (Å²) in [6.07, 6.45) is 3.14.